The van der Waals surface area contributed by atoms with Crippen molar-refractivity contribution in [1.29, 1.82) is 0 Å². The summed E-state index contributed by atoms with van der Waals surface area (Å²) in [6.45, 7) is 5.83. The first-order valence-corrected chi connectivity index (χ1v) is 9.64. The highest BCUT2D eigenvalue weighted by Crippen LogP contribution is 2.21. The summed E-state index contributed by atoms with van der Waals surface area (Å²) < 4.78 is 27.1. The maximum Gasteiger partial charge on any atom is 0.232 e. The fraction of sp³-hybridized carbons (Fsp3) is 0.250. The van der Waals surface area contributed by atoms with Crippen LogP contribution in [0.1, 0.15) is 21.8 Å². The van der Waals surface area contributed by atoms with Crippen molar-refractivity contribution in [1.82, 2.24) is 14.5 Å². The second-order valence-corrected chi connectivity index (χ2v) is 8.49. The lowest BCUT2D eigenvalue weighted by molar-refractivity contribution is 0.583. The normalized spacial score (nSPS) is 11.8. The lowest BCUT2D eigenvalue weighted by Gasteiger charge is -2.10. The van der Waals surface area contributed by atoms with Gasteiger partial charge in [0, 0.05) is 23.5 Å². The predicted octanol–water partition coefficient (Wildman–Crippen LogP) is 3.23. The van der Waals surface area contributed by atoms with E-state index >= 15 is 0 Å². The van der Waals surface area contributed by atoms with Crippen LogP contribution in [0.2, 0.25) is 0 Å². The SMILES string of the molecule is Cc1cc(C)cc(-n2ccnc2S(=O)(=O)Cc2csc(C)n2)c1. The van der Waals surface area contributed by atoms with E-state index in [-0.39, 0.29) is 10.9 Å². The molecular weight excluding hydrogens is 330 g/mol. The third-order valence-electron chi connectivity index (χ3n) is 3.37. The van der Waals surface area contributed by atoms with Crippen molar-refractivity contribution in [3.63, 3.8) is 0 Å². The van der Waals surface area contributed by atoms with E-state index < -0.39 is 9.84 Å². The van der Waals surface area contributed by atoms with Crippen molar-refractivity contribution in [2.45, 2.75) is 31.7 Å². The van der Waals surface area contributed by atoms with E-state index in [4.69, 9.17) is 0 Å². The van der Waals surface area contributed by atoms with Gasteiger partial charge >= 0.3 is 0 Å². The number of rotatable bonds is 4. The van der Waals surface area contributed by atoms with Gasteiger partial charge in [-0.2, -0.15) is 0 Å². The Kier molecular flexibility index (Phi) is 4.08. The van der Waals surface area contributed by atoms with Crippen LogP contribution in [0.5, 0.6) is 0 Å². The maximum absolute atomic E-state index is 12.7. The van der Waals surface area contributed by atoms with Gasteiger partial charge in [-0.05, 0) is 44.0 Å². The summed E-state index contributed by atoms with van der Waals surface area (Å²) in [5, 5.41) is 2.68. The van der Waals surface area contributed by atoms with Gasteiger partial charge in [0.05, 0.1) is 10.7 Å². The second kappa shape index (κ2) is 5.90. The Morgan fingerprint density at radius 1 is 1.13 bits per heavy atom. The molecule has 120 valence electrons. The Hall–Kier alpha value is -1.99. The van der Waals surface area contributed by atoms with E-state index in [0.717, 1.165) is 21.8 Å². The van der Waals surface area contributed by atoms with Crippen LogP contribution in [0.4, 0.5) is 0 Å². The number of hydrogen-bond donors (Lipinski definition) is 0. The average molecular weight is 347 g/mol. The van der Waals surface area contributed by atoms with Crippen molar-refractivity contribution in [2.24, 2.45) is 0 Å². The smallest absolute Gasteiger partial charge is 0.232 e. The molecule has 0 fully saturated rings. The molecule has 0 saturated carbocycles. The van der Waals surface area contributed by atoms with Crippen LogP contribution in [0, 0.1) is 20.8 Å². The highest BCUT2D eigenvalue weighted by atomic mass is 32.2. The van der Waals surface area contributed by atoms with Crippen LogP contribution >= 0.6 is 11.3 Å². The minimum atomic E-state index is -3.57. The summed E-state index contributed by atoms with van der Waals surface area (Å²) >= 11 is 1.44. The number of sulfone groups is 1. The molecule has 0 spiro atoms. The van der Waals surface area contributed by atoms with Crippen molar-refractivity contribution in [3.05, 3.63) is 57.8 Å². The van der Waals surface area contributed by atoms with Crippen LogP contribution in [-0.2, 0) is 15.6 Å². The standard InChI is InChI=1S/C16H17N3O2S2/c1-11-6-12(2)8-15(7-11)19-5-4-17-16(19)23(20,21)10-14-9-22-13(3)18-14/h4-9H,10H2,1-3H3. The first kappa shape index (κ1) is 15.9. The van der Waals surface area contributed by atoms with E-state index in [2.05, 4.69) is 9.97 Å². The molecule has 2 heterocycles. The maximum atomic E-state index is 12.7. The van der Waals surface area contributed by atoms with Gasteiger partial charge in [0.1, 0.15) is 5.75 Å². The molecule has 23 heavy (non-hydrogen) atoms. The third kappa shape index (κ3) is 3.35. The second-order valence-electron chi connectivity index (χ2n) is 5.54. The highest BCUT2D eigenvalue weighted by molar-refractivity contribution is 7.90. The van der Waals surface area contributed by atoms with Crippen molar-refractivity contribution >= 4 is 21.2 Å². The molecule has 0 aliphatic carbocycles. The monoisotopic (exact) mass is 347 g/mol. The zero-order chi connectivity index (χ0) is 16.6. The molecule has 0 amide bonds. The van der Waals surface area contributed by atoms with Gasteiger partial charge in [-0.15, -0.1) is 11.3 Å². The molecular formula is C16H17N3O2S2. The van der Waals surface area contributed by atoms with E-state index in [1.165, 1.54) is 17.5 Å². The summed E-state index contributed by atoms with van der Waals surface area (Å²) in [4.78, 5) is 8.32. The molecule has 7 heteroatoms. The largest absolute Gasteiger partial charge is 0.291 e. The minimum Gasteiger partial charge on any atom is -0.291 e. The minimum absolute atomic E-state index is 0.0492. The quantitative estimate of drug-likeness (QED) is 0.727. The van der Waals surface area contributed by atoms with E-state index in [0.29, 0.717) is 5.69 Å². The zero-order valence-electron chi connectivity index (χ0n) is 13.1. The van der Waals surface area contributed by atoms with E-state index in [9.17, 15) is 8.42 Å². The zero-order valence-corrected chi connectivity index (χ0v) is 14.8. The number of benzene rings is 1. The van der Waals surface area contributed by atoms with Gasteiger partial charge in [0.25, 0.3) is 0 Å². The average Bonchev–Trinajstić information content (AvgIpc) is 3.06. The first-order valence-electron chi connectivity index (χ1n) is 7.11. The molecule has 0 radical (unpaired) electrons. The van der Waals surface area contributed by atoms with Crippen LogP contribution in [0.25, 0.3) is 5.69 Å². The molecule has 3 rings (SSSR count). The fourth-order valence-corrected chi connectivity index (χ4v) is 4.61. The Morgan fingerprint density at radius 3 is 2.43 bits per heavy atom. The highest BCUT2D eigenvalue weighted by Gasteiger charge is 2.23. The molecule has 0 aliphatic rings. The van der Waals surface area contributed by atoms with Crippen LogP contribution in [0.3, 0.4) is 0 Å². The number of aryl methyl sites for hydroxylation is 3. The summed E-state index contributed by atoms with van der Waals surface area (Å²) in [5.41, 5.74) is 3.51. The molecule has 0 aliphatic heterocycles. The van der Waals surface area contributed by atoms with Crippen LogP contribution < -0.4 is 0 Å². The molecule has 0 saturated heterocycles. The fourth-order valence-electron chi connectivity index (χ4n) is 2.54. The topological polar surface area (TPSA) is 64.8 Å². The van der Waals surface area contributed by atoms with E-state index in [1.807, 2.05) is 39.0 Å². The Bertz CT molecular complexity index is 935. The van der Waals surface area contributed by atoms with Gasteiger partial charge < -0.3 is 0 Å². The number of nitrogens with zero attached hydrogens (tertiary/aromatic N) is 3. The summed E-state index contributed by atoms with van der Waals surface area (Å²) in [7, 11) is -3.57. The molecule has 5 nitrogen and oxygen atoms in total. The Balaban J connectivity index is 2.03. The van der Waals surface area contributed by atoms with Gasteiger partial charge in [-0.3, -0.25) is 4.57 Å². The molecule has 1 aromatic carbocycles. The Labute approximate surface area is 139 Å². The first-order chi connectivity index (χ1) is 10.8. The predicted molar refractivity (Wildman–Crippen MR) is 90.8 cm³/mol. The molecule has 0 unspecified atom stereocenters. The van der Waals surface area contributed by atoms with Gasteiger partial charge in [0.15, 0.2) is 0 Å². The lowest BCUT2D eigenvalue weighted by Crippen LogP contribution is -2.12. The van der Waals surface area contributed by atoms with Crippen LogP contribution in [-0.4, -0.2) is 23.0 Å². The number of thiazole rings is 1. The molecule has 3 aromatic rings. The summed E-state index contributed by atoms with van der Waals surface area (Å²) in [5.74, 6) is -0.140. The van der Waals surface area contributed by atoms with Crippen molar-refractivity contribution < 1.29 is 8.42 Å². The third-order valence-corrected chi connectivity index (χ3v) is 5.73. The molecule has 0 atom stereocenters. The number of imidazole rings is 1. The van der Waals surface area contributed by atoms with Crippen molar-refractivity contribution in [3.8, 4) is 5.69 Å². The molecule has 2 aromatic heterocycles. The van der Waals surface area contributed by atoms with Gasteiger partial charge in [-0.1, -0.05) is 6.07 Å². The van der Waals surface area contributed by atoms with Crippen molar-refractivity contribution in [2.75, 3.05) is 0 Å². The summed E-state index contributed by atoms with van der Waals surface area (Å²) in [6, 6.07) is 5.94. The number of hydrogen-bond acceptors (Lipinski definition) is 5. The molecule has 0 N–H and O–H groups in total. The molecule has 0 bridgehead atoms. The van der Waals surface area contributed by atoms with Gasteiger partial charge in [0.2, 0.25) is 15.0 Å². The summed E-state index contributed by atoms with van der Waals surface area (Å²) in [6.07, 6.45) is 3.18. The lowest BCUT2D eigenvalue weighted by atomic mass is 10.1. The van der Waals surface area contributed by atoms with Crippen LogP contribution in [0.15, 0.2) is 41.1 Å². The van der Waals surface area contributed by atoms with Gasteiger partial charge in [-0.25, -0.2) is 18.4 Å². The number of aromatic nitrogens is 3. The van der Waals surface area contributed by atoms with E-state index in [1.54, 1.807) is 16.1 Å². The Morgan fingerprint density at radius 2 is 1.83 bits per heavy atom.